The topological polar surface area (TPSA) is 76.4 Å². The van der Waals surface area contributed by atoms with Gasteiger partial charge in [-0.1, -0.05) is 24.3 Å². The van der Waals surface area contributed by atoms with Crippen molar-refractivity contribution in [1.82, 2.24) is 0 Å². The number of Topliss-reactive ketones (excluding diaryl/α,β-unsaturated/α-hetero) is 1. The van der Waals surface area contributed by atoms with Gasteiger partial charge in [0.1, 0.15) is 11.8 Å². The van der Waals surface area contributed by atoms with Gasteiger partial charge >= 0.3 is 5.97 Å². The normalized spacial score (nSPS) is 12.6. The number of benzene rings is 2. The van der Waals surface area contributed by atoms with Gasteiger partial charge in [0.05, 0.1) is 5.56 Å². The molecule has 5 nitrogen and oxygen atoms in total. The van der Waals surface area contributed by atoms with Gasteiger partial charge in [0.15, 0.2) is 19.0 Å². The molecule has 0 saturated heterocycles. The largest absolute Gasteiger partial charge is 0.481 e. The molecule has 0 aliphatic heterocycles. The Labute approximate surface area is 152 Å². The fraction of sp³-hybridized carbons (Fsp3) is 0.286. The Hall–Kier alpha value is -3.13. The maximum absolute atomic E-state index is 12.2. The van der Waals surface area contributed by atoms with Crippen LogP contribution in [0.5, 0.6) is 5.75 Å². The molecule has 2 aromatic rings. The first-order valence-electron chi connectivity index (χ1n) is 8.60. The summed E-state index contributed by atoms with van der Waals surface area (Å²) >= 11 is 0. The lowest BCUT2D eigenvalue weighted by molar-refractivity contribution is -0.144. The van der Waals surface area contributed by atoms with Crippen molar-refractivity contribution >= 4 is 11.8 Å². The van der Waals surface area contributed by atoms with E-state index < -0.39 is 5.97 Å². The van der Waals surface area contributed by atoms with Crippen LogP contribution < -0.4 is 4.74 Å². The fourth-order valence-corrected chi connectivity index (χ4v) is 3.00. The third kappa shape index (κ3) is 4.28. The second-order valence-electron chi connectivity index (χ2n) is 6.17. The van der Waals surface area contributed by atoms with Crippen LogP contribution in [0.3, 0.4) is 0 Å². The average molecular weight is 349 g/mol. The van der Waals surface area contributed by atoms with E-state index in [-0.39, 0.29) is 19.0 Å². The van der Waals surface area contributed by atoms with Crippen LogP contribution in [0, 0.1) is 11.3 Å². The fourth-order valence-electron chi connectivity index (χ4n) is 3.00. The Morgan fingerprint density at radius 3 is 2.58 bits per heavy atom. The number of ether oxygens (including phenoxy) is 2. The van der Waals surface area contributed by atoms with E-state index in [0.717, 1.165) is 19.3 Å². The Bertz CT molecular complexity index is 867. The van der Waals surface area contributed by atoms with E-state index >= 15 is 0 Å². The molecule has 5 heteroatoms. The quantitative estimate of drug-likeness (QED) is 0.591. The summed E-state index contributed by atoms with van der Waals surface area (Å²) < 4.78 is 10.3. The van der Waals surface area contributed by atoms with E-state index in [0.29, 0.717) is 16.9 Å². The zero-order valence-corrected chi connectivity index (χ0v) is 14.4. The zero-order valence-electron chi connectivity index (χ0n) is 14.4. The number of hydrogen-bond acceptors (Lipinski definition) is 5. The number of ketones is 1. The predicted octanol–water partition coefficient (Wildman–Crippen LogP) is 3.24. The molecule has 0 saturated carbocycles. The molecule has 0 aromatic heterocycles. The standard InChI is InChI=1S/C21H19NO4/c22-12-18-7-3-4-8-20(18)25-14-21(24)26-13-19(23)17-10-9-15-5-1-2-6-16(15)11-17/h3-4,7-11H,1-2,5-6,13-14H2. The van der Waals surface area contributed by atoms with E-state index in [1.165, 1.54) is 17.5 Å². The molecule has 0 atom stereocenters. The molecule has 1 aliphatic rings. The van der Waals surface area contributed by atoms with Crippen LogP contribution in [-0.4, -0.2) is 25.0 Å². The van der Waals surface area contributed by atoms with Gasteiger partial charge in [-0.3, -0.25) is 4.79 Å². The van der Waals surface area contributed by atoms with Crippen molar-refractivity contribution in [2.75, 3.05) is 13.2 Å². The molecule has 0 bridgehead atoms. The first-order chi connectivity index (χ1) is 12.7. The zero-order chi connectivity index (χ0) is 18.4. The summed E-state index contributed by atoms with van der Waals surface area (Å²) in [5.74, 6) is -0.568. The second kappa shape index (κ2) is 8.30. The lowest BCUT2D eigenvalue weighted by Gasteiger charge is -2.16. The van der Waals surface area contributed by atoms with Gasteiger partial charge in [-0.25, -0.2) is 4.79 Å². The number of nitriles is 1. The van der Waals surface area contributed by atoms with Crippen molar-refractivity contribution in [2.45, 2.75) is 25.7 Å². The highest BCUT2D eigenvalue weighted by molar-refractivity contribution is 5.98. The van der Waals surface area contributed by atoms with E-state index in [1.807, 2.05) is 18.2 Å². The molecule has 1 aliphatic carbocycles. The third-order valence-electron chi connectivity index (χ3n) is 4.39. The molecule has 3 rings (SSSR count). The minimum atomic E-state index is -0.649. The summed E-state index contributed by atoms with van der Waals surface area (Å²) in [5, 5.41) is 8.98. The number of rotatable bonds is 6. The van der Waals surface area contributed by atoms with Gasteiger partial charge in [0.2, 0.25) is 0 Å². The van der Waals surface area contributed by atoms with Gasteiger partial charge in [-0.2, -0.15) is 5.26 Å². The highest BCUT2D eigenvalue weighted by Crippen LogP contribution is 2.22. The number of nitrogens with zero attached hydrogens (tertiary/aromatic N) is 1. The lowest BCUT2D eigenvalue weighted by atomic mass is 9.90. The highest BCUT2D eigenvalue weighted by atomic mass is 16.6. The van der Waals surface area contributed by atoms with Crippen LogP contribution in [-0.2, 0) is 22.4 Å². The van der Waals surface area contributed by atoms with E-state index in [4.69, 9.17) is 14.7 Å². The van der Waals surface area contributed by atoms with Crippen molar-refractivity contribution in [3.05, 3.63) is 64.7 Å². The van der Waals surface area contributed by atoms with Crippen molar-refractivity contribution in [3.8, 4) is 11.8 Å². The van der Waals surface area contributed by atoms with Crippen LogP contribution in [0.1, 0.15) is 39.9 Å². The van der Waals surface area contributed by atoms with Crippen molar-refractivity contribution < 1.29 is 19.1 Å². The van der Waals surface area contributed by atoms with Crippen molar-refractivity contribution in [1.29, 1.82) is 5.26 Å². The van der Waals surface area contributed by atoms with Crippen LogP contribution in [0.2, 0.25) is 0 Å². The first kappa shape index (κ1) is 17.7. The monoisotopic (exact) mass is 349 g/mol. The van der Waals surface area contributed by atoms with E-state index in [2.05, 4.69) is 0 Å². The Balaban J connectivity index is 1.51. The first-order valence-corrected chi connectivity index (χ1v) is 8.60. The number of carbonyl (C=O) groups excluding carboxylic acids is 2. The number of fused-ring (bicyclic) bond motifs is 1. The number of para-hydroxylation sites is 1. The van der Waals surface area contributed by atoms with Gasteiger partial charge in [-0.05, 0) is 55.0 Å². The highest BCUT2D eigenvalue weighted by Gasteiger charge is 2.15. The minimum absolute atomic E-state index is 0.232. The van der Waals surface area contributed by atoms with Crippen LogP contribution in [0.25, 0.3) is 0 Å². The number of aryl methyl sites for hydroxylation is 2. The number of hydrogen-bond donors (Lipinski definition) is 0. The molecule has 26 heavy (non-hydrogen) atoms. The third-order valence-corrected chi connectivity index (χ3v) is 4.39. The van der Waals surface area contributed by atoms with E-state index in [1.54, 1.807) is 30.3 Å². The second-order valence-corrected chi connectivity index (χ2v) is 6.17. The maximum atomic E-state index is 12.2. The molecule has 0 N–H and O–H groups in total. The molecule has 132 valence electrons. The molecule has 0 heterocycles. The van der Waals surface area contributed by atoms with Gasteiger partial charge in [0, 0.05) is 5.56 Å². The average Bonchev–Trinajstić information content (AvgIpc) is 2.70. The summed E-state index contributed by atoms with van der Waals surface area (Å²) in [7, 11) is 0. The summed E-state index contributed by atoms with van der Waals surface area (Å²) in [6.07, 6.45) is 4.37. The maximum Gasteiger partial charge on any atom is 0.344 e. The van der Waals surface area contributed by atoms with Crippen LogP contribution in [0.4, 0.5) is 0 Å². The summed E-state index contributed by atoms with van der Waals surface area (Å²) in [4.78, 5) is 24.1. The molecule has 2 aromatic carbocycles. The van der Waals surface area contributed by atoms with Gasteiger partial charge in [0.25, 0.3) is 0 Å². The van der Waals surface area contributed by atoms with E-state index in [9.17, 15) is 9.59 Å². The lowest BCUT2D eigenvalue weighted by Crippen LogP contribution is -2.20. The number of carbonyl (C=O) groups is 2. The predicted molar refractivity (Wildman–Crippen MR) is 95.0 cm³/mol. The van der Waals surface area contributed by atoms with Gasteiger partial charge in [-0.15, -0.1) is 0 Å². The molecule has 0 fully saturated rings. The van der Waals surface area contributed by atoms with Gasteiger partial charge < -0.3 is 9.47 Å². The minimum Gasteiger partial charge on any atom is -0.481 e. The number of esters is 1. The smallest absolute Gasteiger partial charge is 0.344 e. The molecule has 0 unspecified atom stereocenters. The summed E-state index contributed by atoms with van der Waals surface area (Å²) in [6, 6.07) is 14.3. The SMILES string of the molecule is N#Cc1ccccc1OCC(=O)OCC(=O)c1ccc2c(c1)CCCC2. The molecule has 0 spiro atoms. The Morgan fingerprint density at radius 1 is 1.00 bits per heavy atom. The van der Waals surface area contributed by atoms with Crippen LogP contribution >= 0.6 is 0 Å². The van der Waals surface area contributed by atoms with Crippen molar-refractivity contribution in [3.63, 3.8) is 0 Å². The molecular weight excluding hydrogens is 330 g/mol. The van der Waals surface area contributed by atoms with Crippen molar-refractivity contribution in [2.24, 2.45) is 0 Å². The Kier molecular flexibility index (Phi) is 5.65. The van der Waals surface area contributed by atoms with Crippen LogP contribution in [0.15, 0.2) is 42.5 Å². The Morgan fingerprint density at radius 2 is 1.77 bits per heavy atom. The summed E-state index contributed by atoms with van der Waals surface area (Å²) in [6.45, 7) is -0.670. The summed E-state index contributed by atoms with van der Waals surface area (Å²) in [5.41, 5.74) is 3.42. The molecule has 0 amide bonds. The molecular formula is C21H19NO4. The molecule has 0 radical (unpaired) electrons.